The van der Waals surface area contributed by atoms with E-state index in [9.17, 15) is 4.79 Å². The van der Waals surface area contributed by atoms with Crippen molar-refractivity contribution in [2.24, 2.45) is 5.73 Å². The number of carbonyl (C=O) groups excluding carboxylic acids is 1. The molecule has 4 nitrogen and oxygen atoms in total. The number of anilines is 1. The Morgan fingerprint density at radius 2 is 2.06 bits per heavy atom. The third-order valence-electron chi connectivity index (χ3n) is 3.13. The Morgan fingerprint density at radius 3 is 2.67 bits per heavy atom. The number of ether oxygens (including phenoxy) is 1. The van der Waals surface area contributed by atoms with Crippen molar-refractivity contribution < 1.29 is 9.53 Å². The standard InChI is InChI=1S/C14H20N2O2/c1-9(2)16-12-8-11(10(3)15)4-5-13(12)18-7-6-14(16)17/h4-5,8-10H,6-7,15H2,1-3H3. The van der Waals surface area contributed by atoms with Gasteiger partial charge in [-0.25, -0.2) is 0 Å². The summed E-state index contributed by atoms with van der Waals surface area (Å²) < 4.78 is 5.63. The molecule has 1 aromatic rings. The van der Waals surface area contributed by atoms with Gasteiger partial charge in [0.1, 0.15) is 5.75 Å². The van der Waals surface area contributed by atoms with Crippen LogP contribution in [0.2, 0.25) is 0 Å². The van der Waals surface area contributed by atoms with Crippen LogP contribution >= 0.6 is 0 Å². The minimum absolute atomic E-state index is 0.0531. The van der Waals surface area contributed by atoms with E-state index in [1.807, 2.05) is 39.0 Å². The van der Waals surface area contributed by atoms with Gasteiger partial charge >= 0.3 is 0 Å². The Bertz CT molecular complexity index is 455. The summed E-state index contributed by atoms with van der Waals surface area (Å²) in [6.45, 7) is 6.38. The van der Waals surface area contributed by atoms with Crippen LogP contribution in [0.5, 0.6) is 5.75 Å². The van der Waals surface area contributed by atoms with Crippen molar-refractivity contribution in [2.75, 3.05) is 11.5 Å². The summed E-state index contributed by atoms with van der Waals surface area (Å²) in [5, 5.41) is 0. The van der Waals surface area contributed by atoms with E-state index in [1.165, 1.54) is 0 Å². The molecule has 0 bridgehead atoms. The highest BCUT2D eigenvalue weighted by atomic mass is 16.5. The summed E-state index contributed by atoms with van der Waals surface area (Å²) in [7, 11) is 0. The minimum Gasteiger partial charge on any atom is -0.491 e. The first-order valence-electron chi connectivity index (χ1n) is 6.35. The van der Waals surface area contributed by atoms with E-state index in [2.05, 4.69) is 0 Å². The fraction of sp³-hybridized carbons (Fsp3) is 0.500. The highest BCUT2D eigenvalue weighted by Gasteiger charge is 2.25. The van der Waals surface area contributed by atoms with Gasteiger partial charge in [-0.3, -0.25) is 4.79 Å². The van der Waals surface area contributed by atoms with E-state index in [0.29, 0.717) is 13.0 Å². The largest absolute Gasteiger partial charge is 0.491 e. The number of carbonyl (C=O) groups is 1. The molecule has 0 fully saturated rings. The molecule has 0 radical (unpaired) electrons. The third-order valence-corrected chi connectivity index (χ3v) is 3.13. The topological polar surface area (TPSA) is 55.6 Å². The van der Waals surface area contributed by atoms with Crippen LogP contribution in [0.1, 0.15) is 38.8 Å². The molecule has 1 aliphatic heterocycles. The first kappa shape index (κ1) is 12.9. The molecule has 2 rings (SSSR count). The first-order valence-corrected chi connectivity index (χ1v) is 6.35. The van der Waals surface area contributed by atoms with Gasteiger partial charge in [-0.15, -0.1) is 0 Å². The molecule has 0 aliphatic carbocycles. The van der Waals surface area contributed by atoms with Crippen molar-refractivity contribution in [2.45, 2.75) is 39.3 Å². The summed E-state index contributed by atoms with van der Waals surface area (Å²) in [5.41, 5.74) is 7.75. The number of hydrogen-bond acceptors (Lipinski definition) is 3. The van der Waals surface area contributed by atoms with E-state index < -0.39 is 0 Å². The number of fused-ring (bicyclic) bond motifs is 1. The third kappa shape index (κ3) is 2.34. The summed E-state index contributed by atoms with van der Waals surface area (Å²) in [5.74, 6) is 0.865. The number of amides is 1. The van der Waals surface area contributed by atoms with E-state index in [4.69, 9.17) is 10.5 Å². The van der Waals surface area contributed by atoms with Crippen LogP contribution < -0.4 is 15.4 Å². The lowest BCUT2D eigenvalue weighted by Gasteiger charge is -2.26. The van der Waals surface area contributed by atoms with Crippen LogP contribution in [0.25, 0.3) is 0 Å². The number of nitrogens with zero attached hydrogens (tertiary/aromatic N) is 1. The average Bonchev–Trinajstić information content (AvgIpc) is 2.45. The molecule has 18 heavy (non-hydrogen) atoms. The van der Waals surface area contributed by atoms with Crippen LogP contribution in [-0.2, 0) is 4.79 Å². The van der Waals surface area contributed by atoms with Crippen molar-refractivity contribution in [1.29, 1.82) is 0 Å². The van der Waals surface area contributed by atoms with Crippen molar-refractivity contribution in [3.05, 3.63) is 23.8 Å². The molecule has 0 saturated carbocycles. The first-order chi connectivity index (χ1) is 8.50. The Hall–Kier alpha value is -1.55. The number of nitrogens with two attached hydrogens (primary N) is 1. The highest BCUT2D eigenvalue weighted by molar-refractivity contribution is 5.96. The fourth-order valence-corrected chi connectivity index (χ4v) is 2.20. The predicted octanol–water partition coefficient (Wildman–Crippen LogP) is 2.23. The lowest BCUT2D eigenvalue weighted by molar-refractivity contribution is -0.119. The van der Waals surface area contributed by atoms with E-state index >= 15 is 0 Å². The quantitative estimate of drug-likeness (QED) is 0.873. The van der Waals surface area contributed by atoms with Crippen molar-refractivity contribution >= 4 is 11.6 Å². The Kier molecular flexibility index (Phi) is 3.57. The van der Waals surface area contributed by atoms with E-state index in [1.54, 1.807) is 4.90 Å². The van der Waals surface area contributed by atoms with Crippen LogP contribution in [0.4, 0.5) is 5.69 Å². The molecule has 1 unspecified atom stereocenters. The van der Waals surface area contributed by atoms with Gasteiger partial charge in [0, 0.05) is 12.1 Å². The molecular formula is C14H20N2O2. The normalized spacial score (nSPS) is 17.2. The molecule has 0 saturated heterocycles. The molecule has 1 aliphatic rings. The predicted molar refractivity (Wildman–Crippen MR) is 71.8 cm³/mol. The fourth-order valence-electron chi connectivity index (χ4n) is 2.20. The van der Waals surface area contributed by atoms with Crippen LogP contribution in [0.3, 0.4) is 0 Å². The van der Waals surface area contributed by atoms with Gasteiger partial charge in [-0.2, -0.15) is 0 Å². The molecule has 0 spiro atoms. The molecule has 2 N–H and O–H groups in total. The van der Waals surface area contributed by atoms with Crippen LogP contribution in [0.15, 0.2) is 18.2 Å². The van der Waals surface area contributed by atoms with Crippen molar-refractivity contribution in [1.82, 2.24) is 0 Å². The Morgan fingerprint density at radius 1 is 1.33 bits per heavy atom. The van der Waals surface area contributed by atoms with E-state index in [-0.39, 0.29) is 18.0 Å². The SMILES string of the molecule is CC(N)c1ccc2c(c1)N(C(C)C)C(=O)CCO2. The summed E-state index contributed by atoms with van der Waals surface area (Å²) in [6, 6.07) is 5.88. The molecule has 4 heteroatoms. The van der Waals surface area contributed by atoms with Crippen molar-refractivity contribution in [3.8, 4) is 5.75 Å². The van der Waals surface area contributed by atoms with Gasteiger partial charge in [0.05, 0.1) is 18.7 Å². The Labute approximate surface area is 108 Å². The van der Waals surface area contributed by atoms with Gasteiger partial charge in [0.15, 0.2) is 0 Å². The number of rotatable bonds is 2. The zero-order chi connectivity index (χ0) is 13.3. The molecule has 98 valence electrons. The minimum atomic E-state index is -0.0531. The average molecular weight is 248 g/mol. The maximum Gasteiger partial charge on any atom is 0.230 e. The molecule has 1 aromatic carbocycles. The molecule has 1 heterocycles. The zero-order valence-electron chi connectivity index (χ0n) is 11.1. The number of hydrogen-bond donors (Lipinski definition) is 1. The lowest BCUT2D eigenvalue weighted by atomic mass is 10.1. The molecule has 0 aromatic heterocycles. The van der Waals surface area contributed by atoms with Gasteiger partial charge in [0.2, 0.25) is 5.91 Å². The van der Waals surface area contributed by atoms with Gasteiger partial charge in [-0.1, -0.05) is 6.07 Å². The second-order valence-corrected chi connectivity index (χ2v) is 4.97. The second-order valence-electron chi connectivity index (χ2n) is 4.97. The van der Waals surface area contributed by atoms with Crippen molar-refractivity contribution in [3.63, 3.8) is 0 Å². The molecule has 1 atom stereocenters. The Balaban J connectivity index is 2.51. The van der Waals surface area contributed by atoms with Gasteiger partial charge < -0.3 is 15.4 Å². The maximum absolute atomic E-state index is 12.1. The molecule has 1 amide bonds. The lowest BCUT2D eigenvalue weighted by Crippen LogP contribution is -2.36. The van der Waals surface area contributed by atoms with E-state index in [0.717, 1.165) is 17.0 Å². The van der Waals surface area contributed by atoms with Crippen LogP contribution in [0, 0.1) is 0 Å². The maximum atomic E-state index is 12.1. The zero-order valence-corrected chi connectivity index (χ0v) is 11.1. The summed E-state index contributed by atoms with van der Waals surface area (Å²) in [4.78, 5) is 13.9. The van der Waals surface area contributed by atoms with Crippen LogP contribution in [-0.4, -0.2) is 18.6 Å². The summed E-state index contributed by atoms with van der Waals surface area (Å²) >= 11 is 0. The number of benzene rings is 1. The van der Waals surface area contributed by atoms with Gasteiger partial charge in [-0.05, 0) is 38.5 Å². The highest BCUT2D eigenvalue weighted by Crippen LogP contribution is 2.34. The monoisotopic (exact) mass is 248 g/mol. The second kappa shape index (κ2) is 4.98. The molecular weight excluding hydrogens is 228 g/mol. The smallest absolute Gasteiger partial charge is 0.230 e. The summed E-state index contributed by atoms with van der Waals surface area (Å²) in [6.07, 6.45) is 0.417. The van der Waals surface area contributed by atoms with Gasteiger partial charge in [0.25, 0.3) is 0 Å².